The molecule has 2 fully saturated rings. The normalized spacial score (nSPS) is 23.8. The summed E-state index contributed by atoms with van der Waals surface area (Å²) in [5, 5.41) is 9.56. The number of hydrogen-bond acceptors (Lipinski definition) is 4. The molecule has 3 amide bonds. The second-order valence-electron chi connectivity index (χ2n) is 9.36. The van der Waals surface area contributed by atoms with Gasteiger partial charge in [0.25, 0.3) is 0 Å². The van der Waals surface area contributed by atoms with Crippen molar-refractivity contribution in [2.24, 2.45) is 0 Å². The lowest BCUT2D eigenvalue weighted by molar-refractivity contribution is -0.123. The van der Waals surface area contributed by atoms with E-state index in [9.17, 15) is 9.59 Å². The van der Waals surface area contributed by atoms with Gasteiger partial charge in [-0.05, 0) is 53.4 Å². The molecule has 0 aromatic carbocycles. The second kappa shape index (κ2) is 10.6. The highest BCUT2D eigenvalue weighted by molar-refractivity contribution is 8.00. The lowest BCUT2D eigenvalue weighted by Crippen LogP contribution is -2.44. The number of carbonyl (C=O) groups excluding carboxylic acids is 2. The Balaban J connectivity index is 1.59. The first-order valence-corrected chi connectivity index (χ1v) is 11.7. The van der Waals surface area contributed by atoms with Crippen LogP contribution in [-0.2, 0) is 9.53 Å². The smallest absolute Gasteiger partial charge is 0.315 e. The topological polar surface area (TPSA) is 79.5 Å². The first-order valence-electron chi connectivity index (χ1n) is 10.7. The van der Waals surface area contributed by atoms with Crippen LogP contribution in [0.1, 0.15) is 72.6 Å². The van der Waals surface area contributed by atoms with Gasteiger partial charge in [0.15, 0.2) is 0 Å². The minimum absolute atomic E-state index is 0.0460. The van der Waals surface area contributed by atoms with Crippen molar-refractivity contribution in [1.82, 2.24) is 16.0 Å². The van der Waals surface area contributed by atoms with Gasteiger partial charge in [-0.3, -0.25) is 4.79 Å². The molecule has 2 aliphatic rings. The van der Waals surface area contributed by atoms with Gasteiger partial charge in [0.05, 0.1) is 17.7 Å². The lowest BCUT2D eigenvalue weighted by atomic mass is 9.99. The molecule has 29 heavy (non-hydrogen) atoms. The van der Waals surface area contributed by atoms with Crippen LogP contribution in [0.25, 0.3) is 0 Å². The van der Waals surface area contributed by atoms with Crippen molar-refractivity contribution in [3.05, 3.63) is 0 Å². The monoisotopic (exact) mass is 423 g/mol. The van der Waals surface area contributed by atoms with Crippen molar-refractivity contribution >= 4 is 23.7 Å². The third-order valence-electron chi connectivity index (χ3n) is 5.65. The van der Waals surface area contributed by atoms with E-state index in [4.69, 9.17) is 11.2 Å². The van der Waals surface area contributed by atoms with E-state index < -0.39 is 0 Å². The van der Waals surface area contributed by atoms with Crippen LogP contribution in [0.2, 0.25) is 0 Å². The number of thioether (sulfide) groups is 1. The number of ether oxygens (including phenoxy) is 1. The largest absolute Gasteiger partial charge is 0.375 e. The standard InChI is InChI=1S/C22H37N3O3S/c1-6-7-12-22(4,5)28-14-13-21(2,3)25-18(26)11-9-8-10-17-19-16(15-29-17)23-20(27)24-19/h1,16-17,19H,7-15H2,2-5H3,(H,25,26)(H2,23,24,27). The van der Waals surface area contributed by atoms with E-state index in [1.54, 1.807) is 0 Å². The predicted octanol–water partition coefficient (Wildman–Crippen LogP) is 3.21. The van der Waals surface area contributed by atoms with Crippen LogP contribution in [0.5, 0.6) is 0 Å². The van der Waals surface area contributed by atoms with Crippen LogP contribution in [0.15, 0.2) is 0 Å². The van der Waals surface area contributed by atoms with Crippen molar-refractivity contribution in [3.63, 3.8) is 0 Å². The maximum atomic E-state index is 12.3. The predicted molar refractivity (Wildman–Crippen MR) is 119 cm³/mol. The van der Waals surface area contributed by atoms with E-state index in [2.05, 4.69) is 21.9 Å². The fourth-order valence-corrected chi connectivity index (χ4v) is 5.35. The minimum Gasteiger partial charge on any atom is -0.375 e. The number of terminal acetylenes is 1. The van der Waals surface area contributed by atoms with Crippen LogP contribution in [0, 0.1) is 12.3 Å². The molecule has 2 heterocycles. The molecule has 6 nitrogen and oxygen atoms in total. The summed E-state index contributed by atoms with van der Waals surface area (Å²) in [7, 11) is 0. The Morgan fingerprint density at radius 2 is 2.03 bits per heavy atom. The molecule has 2 saturated heterocycles. The molecule has 2 aliphatic heterocycles. The average molecular weight is 424 g/mol. The summed E-state index contributed by atoms with van der Waals surface area (Å²) in [6.45, 7) is 8.76. The first kappa shape index (κ1) is 23.9. The van der Waals surface area contributed by atoms with Gasteiger partial charge >= 0.3 is 6.03 Å². The second-order valence-corrected chi connectivity index (χ2v) is 10.6. The summed E-state index contributed by atoms with van der Waals surface area (Å²) >= 11 is 1.92. The maximum absolute atomic E-state index is 12.3. The van der Waals surface area contributed by atoms with Crippen molar-refractivity contribution in [2.75, 3.05) is 12.4 Å². The average Bonchev–Trinajstić information content (AvgIpc) is 3.15. The quantitative estimate of drug-likeness (QED) is 0.256. The molecule has 3 atom stereocenters. The molecule has 3 unspecified atom stereocenters. The van der Waals surface area contributed by atoms with E-state index in [-0.39, 0.29) is 35.2 Å². The summed E-state index contributed by atoms with van der Waals surface area (Å²) in [5.74, 6) is 3.72. The van der Waals surface area contributed by atoms with Crippen molar-refractivity contribution < 1.29 is 14.3 Å². The Hall–Kier alpha value is -1.39. The van der Waals surface area contributed by atoms with Gasteiger partial charge in [0.1, 0.15) is 0 Å². The molecule has 164 valence electrons. The molecule has 2 rings (SSSR count). The minimum atomic E-state index is -0.298. The molecule has 7 heteroatoms. The van der Waals surface area contributed by atoms with Crippen LogP contribution < -0.4 is 16.0 Å². The number of unbranched alkanes of at least 4 members (excludes halogenated alkanes) is 1. The van der Waals surface area contributed by atoms with Gasteiger partial charge in [0, 0.05) is 36.0 Å². The van der Waals surface area contributed by atoms with Gasteiger partial charge in [-0.1, -0.05) is 6.42 Å². The number of urea groups is 1. The molecule has 0 spiro atoms. The Bertz CT molecular complexity index is 615. The van der Waals surface area contributed by atoms with Crippen molar-refractivity contribution in [1.29, 1.82) is 0 Å². The fraction of sp³-hybridized carbons (Fsp3) is 0.818. The molecular formula is C22H37N3O3S. The summed E-state index contributed by atoms with van der Waals surface area (Å²) in [6.07, 6.45) is 11.1. The summed E-state index contributed by atoms with van der Waals surface area (Å²) in [6, 6.07) is 0.459. The number of fused-ring (bicyclic) bond motifs is 1. The zero-order valence-corrected chi connectivity index (χ0v) is 19.1. The lowest BCUT2D eigenvalue weighted by Gasteiger charge is -2.30. The van der Waals surface area contributed by atoms with Crippen LogP contribution in [0.3, 0.4) is 0 Å². The third kappa shape index (κ3) is 8.10. The van der Waals surface area contributed by atoms with E-state index in [1.807, 2.05) is 39.5 Å². The fourth-order valence-electron chi connectivity index (χ4n) is 3.80. The van der Waals surface area contributed by atoms with E-state index in [1.165, 1.54) is 0 Å². The van der Waals surface area contributed by atoms with Gasteiger partial charge in [-0.2, -0.15) is 11.8 Å². The molecule has 0 aliphatic carbocycles. The summed E-state index contributed by atoms with van der Waals surface area (Å²) in [4.78, 5) is 23.8. The molecule has 0 aromatic heterocycles. The SMILES string of the molecule is C#CCCC(C)(C)OCCC(C)(C)NC(=O)CCCCC1SCC2NC(=O)NC21. The Morgan fingerprint density at radius 3 is 2.76 bits per heavy atom. The van der Waals surface area contributed by atoms with Gasteiger partial charge in [0.2, 0.25) is 5.91 Å². The third-order valence-corrected chi connectivity index (χ3v) is 7.16. The van der Waals surface area contributed by atoms with Gasteiger partial charge in [-0.15, -0.1) is 12.3 Å². The highest BCUT2D eigenvalue weighted by Crippen LogP contribution is 2.33. The van der Waals surface area contributed by atoms with Crippen molar-refractivity contribution in [3.8, 4) is 12.3 Å². The van der Waals surface area contributed by atoms with Gasteiger partial charge < -0.3 is 20.7 Å². The van der Waals surface area contributed by atoms with E-state index >= 15 is 0 Å². The Labute approximate surface area is 180 Å². The molecule has 0 aromatic rings. The van der Waals surface area contributed by atoms with E-state index in [0.717, 1.165) is 37.9 Å². The zero-order valence-electron chi connectivity index (χ0n) is 18.3. The van der Waals surface area contributed by atoms with Crippen LogP contribution in [-0.4, -0.2) is 52.8 Å². The molecular weight excluding hydrogens is 386 g/mol. The maximum Gasteiger partial charge on any atom is 0.315 e. The number of carbonyl (C=O) groups is 2. The van der Waals surface area contributed by atoms with E-state index in [0.29, 0.717) is 24.7 Å². The number of amides is 3. The number of nitrogens with one attached hydrogen (secondary N) is 3. The summed E-state index contributed by atoms with van der Waals surface area (Å²) < 4.78 is 5.96. The molecule has 3 N–H and O–H groups in total. The number of rotatable bonds is 12. The van der Waals surface area contributed by atoms with Gasteiger partial charge in [-0.25, -0.2) is 4.79 Å². The van der Waals surface area contributed by atoms with Crippen LogP contribution in [0.4, 0.5) is 4.79 Å². The molecule has 0 radical (unpaired) electrons. The Morgan fingerprint density at radius 1 is 1.28 bits per heavy atom. The molecule has 0 saturated carbocycles. The summed E-state index contributed by atoms with van der Waals surface area (Å²) in [5.41, 5.74) is -0.536. The molecule has 0 bridgehead atoms. The highest BCUT2D eigenvalue weighted by Gasteiger charge is 2.42. The Kier molecular flexibility index (Phi) is 8.72. The number of hydrogen-bond donors (Lipinski definition) is 3. The van der Waals surface area contributed by atoms with Crippen molar-refractivity contribution in [2.45, 2.75) is 101 Å². The van der Waals surface area contributed by atoms with Crippen LogP contribution >= 0.6 is 11.8 Å². The first-order chi connectivity index (χ1) is 13.6. The highest BCUT2D eigenvalue weighted by atomic mass is 32.2. The zero-order chi connectivity index (χ0) is 21.5.